The van der Waals surface area contributed by atoms with Gasteiger partial charge >= 0.3 is 0 Å². The number of rotatable bonds is 6. The van der Waals surface area contributed by atoms with Crippen LogP contribution >= 0.6 is 0 Å². The lowest BCUT2D eigenvalue weighted by molar-refractivity contribution is 0.0943. The lowest BCUT2D eigenvalue weighted by atomic mass is 10.2. The van der Waals surface area contributed by atoms with E-state index in [1.54, 1.807) is 12.1 Å². The van der Waals surface area contributed by atoms with E-state index < -0.39 is 10.0 Å². The number of carbonyl (C=O) groups excluding carboxylic acids is 1. The minimum absolute atomic E-state index is 0.0163. The monoisotopic (exact) mass is 346 g/mol. The minimum atomic E-state index is -3.68. The van der Waals surface area contributed by atoms with Crippen molar-refractivity contribution in [3.05, 3.63) is 65.2 Å². The summed E-state index contributed by atoms with van der Waals surface area (Å²) in [5, 5.41) is 2.75. The molecule has 1 amide bonds. The summed E-state index contributed by atoms with van der Waals surface area (Å²) in [5.41, 5.74) is 2.31. The second-order valence-corrected chi connectivity index (χ2v) is 7.73. The van der Waals surface area contributed by atoms with Crippen molar-refractivity contribution < 1.29 is 13.2 Å². The number of hydrogen-bond donors (Lipinski definition) is 2. The summed E-state index contributed by atoms with van der Waals surface area (Å²) in [6.07, 6.45) is 0. The van der Waals surface area contributed by atoms with Crippen molar-refractivity contribution in [2.24, 2.45) is 0 Å². The molecule has 0 aliphatic rings. The molecule has 0 spiro atoms. The number of nitrogens with one attached hydrogen (secondary N) is 2. The molecule has 0 saturated heterocycles. The van der Waals surface area contributed by atoms with Crippen LogP contribution in [0.25, 0.3) is 0 Å². The maximum absolute atomic E-state index is 12.4. The Bertz CT molecular complexity index is 812. The first kappa shape index (κ1) is 18.2. The molecule has 0 aromatic heterocycles. The third-order valence-electron chi connectivity index (χ3n) is 3.41. The molecule has 0 unspecified atom stereocenters. The Morgan fingerprint density at radius 2 is 1.75 bits per heavy atom. The molecule has 2 aromatic carbocycles. The first-order valence-corrected chi connectivity index (χ1v) is 9.22. The van der Waals surface area contributed by atoms with Gasteiger partial charge in [0.15, 0.2) is 0 Å². The lowest BCUT2D eigenvalue weighted by Crippen LogP contribution is -2.30. The predicted molar refractivity (Wildman–Crippen MR) is 94.2 cm³/mol. The summed E-state index contributed by atoms with van der Waals surface area (Å²) in [6, 6.07) is 13.6. The third-order valence-corrected chi connectivity index (χ3v) is 4.81. The van der Waals surface area contributed by atoms with Crippen molar-refractivity contribution in [1.82, 2.24) is 10.0 Å². The van der Waals surface area contributed by atoms with Crippen LogP contribution in [0.1, 0.15) is 35.3 Å². The molecule has 0 bridgehead atoms. The van der Waals surface area contributed by atoms with Crippen LogP contribution in [0.4, 0.5) is 0 Å². The molecule has 24 heavy (non-hydrogen) atoms. The highest BCUT2D eigenvalue weighted by atomic mass is 32.2. The number of benzene rings is 2. The molecule has 6 heteroatoms. The number of carbonyl (C=O) groups is 1. The van der Waals surface area contributed by atoms with Crippen LogP contribution in [-0.2, 0) is 16.6 Å². The molecule has 0 heterocycles. The average Bonchev–Trinajstić information content (AvgIpc) is 2.54. The van der Waals surface area contributed by atoms with E-state index in [1.807, 2.05) is 45.0 Å². The molecule has 2 N–H and O–H groups in total. The molecule has 0 saturated carbocycles. The summed E-state index contributed by atoms with van der Waals surface area (Å²) < 4.78 is 27.4. The zero-order chi connectivity index (χ0) is 17.7. The SMILES string of the molecule is Cc1ccc(CNS(=O)(=O)c2cccc(C(=O)NC(C)C)c2)cc1. The van der Waals surface area contributed by atoms with Crippen molar-refractivity contribution in [3.8, 4) is 0 Å². The summed E-state index contributed by atoms with van der Waals surface area (Å²) in [4.78, 5) is 12.1. The van der Waals surface area contributed by atoms with Crippen LogP contribution in [0.15, 0.2) is 53.4 Å². The summed E-state index contributed by atoms with van der Waals surface area (Å²) in [6.45, 7) is 5.87. The molecule has 0 aliphatic heterocycles. The van der Waals surface area contributed by atoms with E-state index in [0.29, 0.717) is 5.56 Å². The standard InChI is InChI=1S/C18H22N2O3S/c1-13(2)20-18(21)16-5-4-6-17(11-16)24(22,23)19-12-15-9-7-14(3)8-10-15/h4-11,13,19H,12H2,1-3H3,(H,20,21). The van der Waals surface area contributed by atoms with Gasteiger partial charge in [-0.1, -0.05) is 35.9 Å². The van der Waals surface area contributed by atoms with Crippen LogP contribution in [0, 0.1) is 6.92 Å². The first-order chi connectivity index (χ1) is 11.3. The van der Waals surface area contributed by atoms with Gasteiger partial charge < -0.3 is 5.32 Å². The zero-order valence-electron chi connectivity index (χ0n) is 14.0. The molecule has 5 nitrogen and oxygen atoms in total. The number of aryl methyl sites for hydroxylation is 1. The summed E-state index contributed by atoms with van der Waals surface area (Å²) >= 11 is 0. The third kappa shape index (κ3) is 4.91. The molecule has 0 aliphatic carbocycles. The Hall–Kier alpha value is -2.18. The van der Waals surface area contributed by atoms with E-state index >= 15 is 0 Å². The Morgan fingerprint density at radius 1 is 1.08 bits per heavy atom. The fraction of sp³-hybridized carbons (Fsp3) is 0.278. The van der Waals surface area contributed by atoms with Crippen LogP contribution in [0.5, 0.6) is 0 Å². The van der Waals surface area contributed by atoms with Crippen molar-refractivity contribution in [3.63, 3.8) is 0 Å². The van der Waals surface area contributed by atoms with Crippen molar-refractivity contribution >= 4 is 15.9 Å². The van der Waals surface area contributed by atoms with Gasteiger partial charge in [-0.2, -0.15) is 0 Å². The van der Waals surface area contributed by atoms with E-state index in [4.69, 9.17) is 0 Å². The highest BCUT2D eigenvalue weighted by Crippen LogP contribution is 2.13. The highest BCUT2D eigenvalue weighted by Gasteiger charge is 2.16. The molecule has 2 aromatic rings. The second-order valence-electron chi connectivity index (χ2n) is 5.97. The van der Waals surface area contributed by atoms with Gasteiger partial charge in [-0.15, -0.1) is 0 Å². The Morgan fingerprint density at radius 3 is 2.38 bits per heavy atom. The molecule has 128 valence electrons. The Kier molecular flexibility index (Phi) is 5.75. The van der Waals surface area contributed by atoms with Gasteiger partial charge in [-0.3, -0.25) is 4.79 Å². The molecule has 0 atom stereocenters. The Balaban J connectivity index is 2.14. The first-order valence-electron chi connectivity index (χ1n) is 7.74. The van der Waals surface area contributed by atoms with E-state index in [0.717, 1.165) is 11.1 Å². The summed E-state index contributed by atoms with van der Waals surface area (Å²) in [7, 11) is -3.68. The van der Waals surface area contributed by atoms with Crippen molar-refractivity contribution in [2.75, 3.05) is 0 Å². The maximum Gasteiger partial charge on any atom is 0.251 e. The van der Waals surface area contributed by atoms with Crippen LogP contribution in [0.3, 0.4) is 0 Å². The molecular weight excluding hydrogens is 324 g/mol. The van der Waals surface area contributed by atoms with Crippen molar-refractivity contribution in [1.29, 1.82) is 0 Å². The van der Waals surface area contributed by atoms with Gasteiger partial charge in [-0.25, -0.2) is 13.1 Å². The lowest BCUT2D eigenvalue weighted by Gasteiger charge is -2.10. The largest absolute Gasteiger partial charge is 0.350 e. The van der Waals surface area contributed by atoms with Gasteiger partial charge in [0, 0.05) is 18.2 Å². The van der Waals surface area contributed by atoms with Crippen LogP contribution in [-0.4, -0.2) is 20.4 Å². The number of sulfonamides is 1. The topological polar surface area (TPSA) is 75.3 Å². The zero-order valence-corrected chi connectivity index (χ0v) is 14.9. The van der Waals surface area contributed by atoms with Gasteiger partial charge in [0.25, 0.3) is 5.91 Å². The normalized spacial score (nSPS) is 11.5. The summed E-state index contributed by atoms with van der Waals surface area (Å²) in [5.74, 6) is -0.291. The van der Waals surface area contributed by atoms with E-state index in [1.165, 1.54) is 12.1 Å². The number of amides is 1. The van der Waals surface area contributed by atoms with E-state index in [9.17, 15) is 13.2 Å². The highest BCUT2D eigenvalue weighted by molar-refractivity contribution is 7.89. The van der Waals surface area contributed by atoms with Gasteiger partial charge in [0.05, 0.1) is 4.90 Å². The second kappa shape index (κ2) is 7.59. The smallest absolute Gasteiger partial charge is 0.251 e. The quantitative estimate of drug-likeness (QED) is 0.844. The molecule has 0 radical (unpaired) electrons. The van der Waals surface area contributed by atoms with Gasteiger partial charge in [0.2, 0.25) is 10.0 Å². The molecule has 2 rings (SSSR count). The fourth-order valence-corrected chi connectivity index (χ4v) is 3.18. The van der Waals surface area contributed by atoms with E-state index in [-0.39, 0.29) is 23.4 Å². The molecule has 0 fully saturated rings. The minimum Gasteiger partial charge on any atom is -0.350 e. The fourth-order valence-electron chi connectivity index (χ4n) is 2.12. The predicted octanol–water partition coefficient (Wildman–Crippen LogP) is 2.61. The van der Waals surface area contributed by atoms with Gasteiger partial charge in [0.1, 0.15) is 0 Å². The molecular formula is C18H22N2O3S. The van der Waals surface area contributed by atoms with Crippen LogP contribution in [0.2, 0.25) is 0 Å². The Labute approximate surface area is 143 Å². The van der Waals surface area contributed by atoms with Gasteiger partial charge in [-0.05, 0) is 44.5 Å². The maximum atomic E-state index is 12.4. The average molecular weight is 346 g/mol. The van der Waals surface area contributed by atoms with Crippen LogP contribution < -0.4 is 10.0 Å². The van der Waals surface area contributed by atoms with E-state index in [2.05, 4.69) is 10.0 Å². The van der Waals surface area contributed by atoms with Crippen molar-refractivity contribution in [2.45, 2.75) is 38.3 Å². The number of hydrogen-bond acceptors (Lipinski definition) is 3.